The molecule has 0 aromatic rings. The van der Waals surface area contributed by atoms with Crippen LogP contribution >= 0.6 is 0 Å². The van der Waals surface area contributed by atoms with Gasteiger partial charge in [-0.3, -0.25) is 4.79 Å². The minimum absolute atomic E-state index is 0.254. The maximum absolute atomic E-state index is 11.3. The first-order valence-corrected chi connectivity index (χ1v) is 4.17. The molecule has 1 aliphatic rings. The van der Waals surface area contributed by atoms with Crippen LogP contribution in [0.25, 0.3) is 0 Å². The van der Waals surface area contributed by atoms with E-state index in [2.05, 4.69) is 12.2 Å². The molecule has 0 aromatic heterocycles. The molecule has 1 saturated heterocycles. The van der Waals surface area contributed by atoms with Gasteiger partial charge in [-0.2, -0.15) is 0 Å². The van der Waals surface area contributed by atoms with Gasteiger partial charge in [-0.1, -0.05) is 0 Å². The summed E-state index contributed by atoms with van der Waals surface area (Å²) in [6.45, 7) is 3.97. The van der Waals surface area contributed by atoms with Crippen LogP contribution in [-0.2, 0) is 4.79 Å². The highest BCUT2D eigenvalue weighted by Gasteiger charge is 2.14. The Morgan fingerprint density at radius 2 is 2.36 bits per heavy atom. The lowest BCUT2D eigenvalue weighted by Crippen LogP contribution is -2.40. The van der Waals surface area contributed by atoms with Crippen molar-refractivity contribution in [1.29, 1.82) is 0 Å². The molecule has 1 unspecified atom stereocenters. The summed E-state index contributed by atoms with van der Waals surface area (Å²) in [5, 5.41) is 3.29. The van der Waals surface area contributed by atoms with Crippen molar-refractivity contribution in [1.82, 2.24) is 10.2 Å². The van der Waals surface area contributed by atoms with Gasteiger partial charge < -0.3 is 10.2 Å². The highest BCUT2D eigenvalue weighted by atomic mass is 16.2. The Morgan fingerprint density at radius 1 is 1.64 bits per heavy atom. The van der Waals surface area contributed by atoms with E-state index in [9.17, 15) is 4.79 Å². The normalized spacial score (nSPS) is 28.0. The molecule has 1 atom stereocenters. The molecule has 1 rings (SSSR count). The van der Waals surface area contributed by atoms with Gasteiger partial charge in [0.25, 0.3) is 0 Å². The first-order chi connectivity index (χ1) is 5.20. The molecular weight excluding hydrogens is 140 g/mol. The smallest absolute Gasteiger partial charge is 0.223 e. The van der Waals surface area contributed by atoms with Crippen molar-refractivity contribution >= 4 is 5.91 Å². The molecule has 0 spiro atoms. The van der Waals surface area contributed by atoms with E-state index in [1.807, 2.05) is 11.9 Å². The van der Waals surface area contributed by atoms with Crippen molar-refractivity contribution in [3.63, 3.8) is 0 Å². The highest BCUT2D eigenvalue weighted by Crippen LogP contribution is 2.00. The van der Waals surface area contributed by atoms with Crippen LogP contribution in [-0.4, -0.2) is 37.0 Å². The third kappa shape index (κ3) is 2.50. The van der Waals surface area contributed by atoms with Gasteiger partial charge >= 0.3 is 0 Å². The van der Waals surface area contributed by atoms with Crippen molar-refractivity contribution in [2.45, 2.75) is 25.8 Å². The van der Waals surface area contributed by atoms with E-state index < -0.39 is 0 Å². The molecule has 3 nitrogen and oxygen atoms in total. The number of hydrogen-bond donors (Lipinski definition) is 1. The maximum atomic E-state index is 11.3. The third-order valence-electron chi connectivity index (χ3n) is 2.07. The van der Waals surface area contributed by atoms with Gasteiger partial charge in [0.15, 0.2) is 0 Å². The Labute approximate surface area is 67.8 Å². The van der Waals surface area contributed by atoms with E-state index >= 15 is 0 Å². The van der Waals surface area contributed by atoms with Crippen molar-refractivity contribution in [2.75, 3.05) is 20.1 Å². The molecule has 0 radical (unpaired) electrons. The van der Waals surface area contributed by atoms with Gasteiger partial charge in [0, 0.05) is 26.1 Å². The maximum Gasteiger partial charge on any atom is 0.223 e. The zero-order valence-electron chi connectivity index (χ0n) is 7.26. The van der Waals surface area contributed by atoms with E-state index in [0.717, 1.165) is 19.5 Å². The van der Waals surface area contributed by atoms with Crippen molar-refractivity contribution in [2.24, 2.45) is 0 Å². The molecule has 0 aromatic carbocycles. The van der Waals surface area contributed by atoms with Crippen LogP contribution in [0, 0.1) is 0 Å². The Balaban J connectivity index is 2.45. The second-order valence-electron chi connectivity index (χ2n) is 3.23. The second kappa shape index (κ2) is 3.72. The topological polar surface area (TPSA) is 32.3 Å². The fourth-order valence-corrected chi connectivity index (χ4v) is 1.28. The molecule has 11 heavy (non-hydrogen) atoms. The van der Waals surface area contributed by atoms with Crippen molar-refractivity contribution in [3.8, 4) is 0 Å². The van der Waals surface area contributed by atoms with Crippen molar-refractivity contribution < 1.29 is 4.79 Å². The van der Waals surface area contributed by atoms with Crippen LogP contribution in [0.4, 0.5) is 0 Å². The van der Waals surface area contributed by atoms with Gasteiger partial charge in [-0.25, -0.2) is 0 Å². The fraction of sp³-hybridized carbons (Fsp3) is 0.875. The molecule has 3 heteroatoms. The number of nitrogens with zero attached hydrogens (tertiary/aromatic N) is 1. The molecule has 64 valence electrons. The SMILES string of the molecule is CC1CC(=O)N(C)CCCN1. The summed E-state index contributed by atoms with van der Waals surface area (Å²) in [7, 11) is 1.88. The summed E-state index contributed by atoms with van der Waals surface area (Å²) in [6, 6.07) is 0.338. The second-order valence-corrected chi connectivity index (χ2v) is 3.23. The number of carbonyl (C=O) groups excluding carboxylic acids is 1. The molecule has 0 saturated carbocycles. The standard InChI is InChI=1S/C8H16N2O/c1-7-6-8(11)10(2)5-3-4-9-7/h7,9H,3-6H2,1-2H3. The summed E-state index contributed by atoms with van der Waals surface area (Å²) in [4.78, 5) is 13.1. The molecule has 1 N–H and O–H groups in total. The lowest BCUT2D eigenvalue weighted by Gasteiger charge is -2.23. The van der Waals surface area contributed by atoms with Crippen LogP contribution in [0.1, 0.15) is 19.8 Å². The average Bonchev–Trinajstić information content (AvgIpc) is 1.95. The third-order valence-corrected chi connectivity index (χ3v) is 2.07. The first kappa shape index (κ1) is 8.53. The predicted octanol–water partition coefficient (Wildman–Crippen LogP) is 0.217. The number of carbonyl (C=O) groups is 1. The summed E-state index contributed by atoms with van der Waals surface area (Å²) >= 11 is 0. The Morgan fingerprint density at radius 3 is 3.09 bits per heavy atom. The lowest BCUT2D eigenvalue weighted by molar-refractivity contribution is -0.130. The Kier molecular flexibility index (Phi) is 2.88. The molecular formula is C8H16N2O. The Bertz CT molecular complexity index is 147. The molecule has 1 amide bonds. The summed E-state index contributed by atoms with van der Waals surface area (Å²) < 4.78 is 0. The van der Waals surface area contributed by atoms with Gasteiger partial charge in [-0.15, -0.1) is 0 Å². The van der Waals surface area contributed by atoms with Gasteiger partial charge in [-0.05, 0) is 19.9 Å². The number of nitrogens with one attached hydrogen (secondary N) is 1. The van der Waals surface area contributed by atoms with Crippen LogP contribution < -0.4 is 5.32 Å². The van der Waals surface area contributed by atoms with Crippen LogP contribution in [0.3, 0.4) is 0 Å². The van der Waals surface area contributed by atoms with Gasteiger partial charge in [0.2, 0.25) is 5.91 Å². The largest absolute Gasteiger partial charge is 0.346 e. The molecule has 1 fully saturated rings. The first-order valence-electron chi connectivity index (χ1n) is 4.17. The number of hydrogen-bond acceptors (Lipinski definition) is 2. The minimum Gasteiger partial charge on any atom is -0.346 e. The zero-order valence-corrected chi connectivity index (χ0v) is 7.26. The zero-order chi connectivity index (χ0) is 8.27. The Hall–Kier alpha value is -0.570. The summed E-state index contributed by atoms with van der Waals surface area (Å²) in [5.74, 6) is 0.254. The summed E-state index contributed by atoms with van der Waals surface area (Å²) in [6.07, 6.45) is 1.70. The van der Waals surface area contributed by atoms with E-state index in [1.54, 1.807) is 0 Å². The average molecular weight is 156 g/mol. The van der Waals surface area contributed by atoms with E-state index in [0.29, 0.717) is 12.5 Å². The quantitative estimate of drug-likeness (QED) is 0.544. The molecule has 0 bridgehead atoms. The van der Waals surface area contributed by atoms with Crippen LogP contribution in [0.2, 0.25) is 0 Å². The van der Waals surface area contributed by atoms with Crippen LogP contribution in [0.5, 0.6) is 0 Å². The summed E-state index contributed by atoms with van der Waals surface area (Å²) in [5.41, 5.74) is 0. The lowest BCUT2D eigenvalue weighted by atomic mass is 10.2. The van der Waals surface area contributed by atoms with Crippen molar-refractivity contribution in [3.05, 3.63) is 0 Å². The highest BCUT2D eigenvalue weighted by molar-refractivity contribution is 5.76. The predicted molar refractivity (Wildman–Crippen MR) is 44.3 cm³/mol. The monoisotopic (exact) mass is 156 g/mol. The number of amides is 1. The molecule has 0 aliphatic carbocycles. The minimum atomic E-state index is 0.254. The van der Waals surface area contributed by atoms with E-state index in [-0.39, 0.29) is 5.91 Å². The molecule has 1 heterocycles. The fourth-order valence-electron chi connectivity index (χ4n) is 1.28. The number of rotatable bonds is 0. The molecule has 1 aliphatic heterocycles. The van der Waals surface area contributed by atoms with Gasteiger partial charge in [0.05, 0.1) is 0 Å². The van der Waals surface area contributed by atoms with Crippen LogP contribution in [0.15, 0.2) is 0 Å². The van der Waals surface area contributed by atoms with Gasteiger partial charge in [0.1, 0.15) is 0 Å². The van der Waals surface area contributed by atoms with E-state index in [4.69, 9.17) is 0 Å². The van der Waals surface area contributed by atoms with E-state index in [1.165, 1.54) is 0 Å².